The standard InChI is InChI=1S/C48H30S/c1-2-11-31(12-3-1)37-27-28-41-44(30-37)47(43-19-10-18-42-38-15-8-9-20-45(38)49-48(42)43)40-17-7-6-16-39(40)46(41)34-24-21-33(22-25-34)36-26-23-32-13-4-5-14-35(32)29-36/h1-30H. The van der Waals surface area contributed by atoms with E-state index in [2.05, 4.69) is 182 Å². The van der Waals surface area contributed by atoms with Crippen LogP contribution in [0.25, 0.3) is 97.0 Å². The Hall–Kier alpha value is -6.02. The van der Waals surface area contributed by atoms with Crippen LogP contribution < -0.4 is 0 Å². The summed E-state index contributed by atoms with van der Waals surface area (Å²) in [5.74, 6) is 0. The second kappa shape index (κ2) is 11.3. The first-order chi connectivity index (χ1) is 24.3. The molecule has 10 aromatic rings. The molecule has 0 nitrogen and oxygen atoms in total. The number of hydrogen-bond acceptors (Lipinski definition) is 1. The topological polar surface area (TPSA) is 0 Å². The highest BCUT2D eigenvalue weighted by Gasteiger charge is 2.20. The molecular formula is C48H30S. The molecule has 49 heavy (non-hydrogen) atoms. The van der Waals surface area contributed by atoms with Gasteiger partial charge in [0.1, 0.15) is 0 Å². The van der Waals surface area contributed by atoms with Crippen LogP contribution in [-0.4, -0.2) is 0 Å². The number of thiophene rings is 1. The largest absolute Gasteiger partial charge is 0.135 e. The summed E-state index contributed by atoms with van der Waals surface area (Å²) in [6, 6.07) is 67.0. The van der Waals surface area contributed by atoms with E-state index in [1.807, 2.05) is 11.3 Å². The third kappa shape index (κ3) is 4.58. The fourth-order valence-electron chi connectivity index (χ4n) is 7.73. The van der Waals surface area contributed by atoms with Crippen LogP contribution in [0.15, 0.2) is 182 Å². The van der Waals surface area contributed by atoms with Crippen molar-refractivity contribution in [3.63, 3.8) is 0 Å². The number of rotatable bonds is 4. The van der Waals surface area contributed by atoms with Crippen molar-refractivity contribution >= 4 is 63.8 Å². The van der Waals surface area contributed by atoms with Crippen molar-refractivity contribution in [3.8, 4) is 44.5 Å². The molecule has 0 bridgehead atoms. The Morgan fingerprint density at radius 3 is 1.69 bits per heavy atom. The molecule has 9 aromatic carbocycles. The summed E-state index contributed by atoms with van der Waals surface area (Å²) in [7, 11) is 0. The molecule has 0 radical (unpaired) electrons. The predicted octanol–water partition coefficient (Wildman–Crippen LogP) is 14.2. The maximum atomic E-state index is 2.42. The summed E-state index contributed by atoms with van der Waals surface area (Å²) in [5.41, 5.74) is 10.0. The molecule has 1 heterocycles. The molecule has 1 aromatic heterocycles. The Morgan fingerprint density at radius 1 is 0.286 bits per heavy atom. The van der Waals surface area contributed by atoms with Gasteiger partial charge in [-0.1, -0.05) is 164 Å². The van der Waals surface area contributed by atoms with E-state index in [4.69, 9.17) is 0 Å². The summed E-state index contributed by atoms with van der Waals surface area (Å²) in [6.45, 7) is 0. The number of hydrogen-bond donors (Lipinski definition) is 0. The summed E-state index contributed by atoms with van der Waals surface area (Å²) in [6.07, 6.45) is 0. The molecule has 0 aliphatic heterocycles. The van der Waals surface area contributed by atoms with Crippen molar-refractivity contribution in [1.82, 2.24) is 0 Å². The van der Waals surface area contributed by atoms with Crippen LogP contribution in [-0.2, 0) is 0 Å². The van der Waals surface area contributed by atoms with Gasteiger partial charge in [0.15, 0.2) is 0 Å². The maximum absolute atomic E-state index is 2.42. The third-order valence-electron chi connectivity index (χ3n) is 10.1. The lowest BCUT2D eigenvalue weighted by Crippen LogP contribution is -1.92. The number of benzene rings is 9. The molecule has 0 aliphatic rings. The first-order valence-corrected chi connectivity index (χ1v) is 17.7. The fourth-order valence-corrected chi connectivity index (χ4v) is 8.95. The summed E-state index contributed by atoms with van der Waals surface area (Å²) in [4.78, 5) is 0. The second-order valence-corrected chi connectivity index (χ2v) is 13.9. The smallest absolute Gasteiger partial charge is 0.0434 e. The molecule has 10 rings (SSSR count). The maximum Gasteiger partial charge on any atom is 0.0434 e. The minimum Gasteiger partial charge on any atom is -0.135 e. The van der Waals surface area contributed by atoms with Gasteiger partial charge in [-0.15, -0.1) is 11.3 Å². The lowest BCUT2D eigenvalue weighted by atomic mass is 9.84. The molecule has 0 unspecified atom stereocenters. The highest BCUT2D eigenvalue weighted by atomic mass is 32.1. The molecule has 0 N–H and O–H groups in total. The first kappa shape index (κ1) is 28.0. The van der Waals surface area contributed by atoms with Gasteiger partial charge < -0.3 is 0 Å². The molecule has 1 heteroatoms. The third-order valence-corrected chi connectivity index (χ3v) is 11.3. The molecule has 0 saturated carbocycles. The van der Waals surface area contributed by atoms with Crippen molar-refractivity contribution in [2.24, 2.45) is 0 Å². The lowest BCUT2D eigenvalue weighted by molar-refractivity contribution is 1.62. The monoisotopic (exact) mass is 638 g/mol. The SMILES string of the molecule is c1ccc(-c2ccc3c(-c4ccc(-c5ccc6ccccc6c5)cc4)c4ccccc4c(-c4cccc5c4sc4ccccc45)c3c2)cc1. The van der Waals surface area contributed by atoms with E-state index in [1.54, 1.807) is 0 Å². The Labute approximate surface area is 289 Å². The molecule has 228 valence electrons. The van der Waals surface area contributed by atoms with Crippen LogP contribution in [0.2, 0.25) is 0 Å². The highest BCUT2D eigenvalue weighted by molar-refractivity contribution is 7.26. The van der Waals surface area contributed by atoms with E-state index in [9.17, 15) is 0 Å². The predicted molar refractivity (Wildman–Crippen MR) is 214 cm³/mol. The zero-order valence-corrected chi connectivity index (χ0v) is 27.5. The molecule has 0 saturated heterocycles. The van der Waals surface area contributed by atoms with Crippen LogP contribution in [0.4, 0.5) is 0 Å². The average Bonchev–Trinajstić information content (AvgIpc) is 3.56. The summed E-state index contributed by atoms with van der Waals surface area (Å²) < 4.78 is 2.67. The lowest BCUT2D eigenvalue weighted by Gasteiger charge is -2.19. The summed E-state index contributed by atoms with van der Waals surface area (Å²) >= 11 is 1.90. The van der Waals surface area contributed by atoms with E-state index in [-0.39, 0.29) is 0 Å². The Kier molecular flexibility index (Phi) is 6.47. The van der Waals surface area contributed by atoms with Crippen molar-refractivity contribution < 1.29 is 0 Å². The Morgan fingerprint density at radius 2 is 0.857 bits per heavy atom. The molecule has 0 aliphatic carbocycles. The average molecular weight is 639 g/mol. The normalized spacial score (nSPS) is 11.7. The molecule has 0 atom stereocenters. The van der Waals surface area contributed by atoms with Crippen molar-refractivity contribution in [3.05, 3.63) is 182 Å². The van der Waals surface area contributed by atoms with Gasteiger partial charge in [-0.2, -0.15) is 0 Å². The summed E-state index contributed by atoms with van der Waals surface area (Å²) in [5, 5.41) is 10.3. The van der Waals surface area contributed by atoms with Crippen LogP contribution >= 0.6 is 11.3 Å². The zero-order valence-electron chi connectivity index (χ0n) is 26.7. The molecule has 0 amide bonds. The van der Waals surface area contributed by atoms with Crippen LogP contribution in [0.5, 0.6) is 0 Å². The van der Waals surface area contributed by atoms with E-state index in [1.165, 1.54) is 97.0 Å². The number of fused-ring (bicyclic) bond motifs is 6. The highest BCUT2D eigenvalue weighted by Crippen LogP contribution is 2.48. The van der Waals surface area contributed by atoms with Crippen molar-refractivity contribution in [2.75, 3.05) is 0 Å². The molecule has 0 spiro atoms. The fraction of sp³-hybridized carbons (Fsp3) is 0. The van der Waals surface area contributed by atoms with Gasteiger partial charge in [0.25, 0.3) is 0 Å². The zero-order chi connectivity index (χ0) is 32.3. The van der Waals surface area contributed by atoms with Crippen molar-refractivity contribution in [1.29, 1.82) is 0 Å². The van der Waals surface area contributed by atoms with Gasteiger partial charge in [0, 0.05) is 25.7 Å². The second-order valence-electron chi connectivity index (χ2n) is 12.8. The van der Waals surface area contributed by atoms with Crippen LogP contribution in [0, 0.1) is 0 Å². The quantitative estimate of drug-likeness (QED) is 0.168. The van der Waals surface area contributed by atoms with Crippen molar-refractivity contribution in [2.45, 2.75) is 0 Å². The van der Waals surface area contributed by atoms with E-state index in [0.29, 0.717) is 0 Å². The minimum atomic E-state index is 1.22. The van der Waals surface area contributed by atoms with Gasteiger partial charge in [-0.05, 0) is 89.5 Å². The Balaban J connectivity index is 1.25. The van der Waals surface area contributed by atoms with Crippen LogP contribution in [0.3, 0.4) is 0 Å². The Bertz CT molecular complexity index is 2860. The molecule has 0 fully saturated rings. The van der Waals surface area contributed by atoms with Gasteiger partial charge >= 0.3 is 0 Å². The minimum absolute atomic E-state index is 1.22. The van der Waals surface area contributed by atoms with Gasteiger partial charge in [-0.3, -0.25) is 0 Å². The van der Waals surface area contributed by atoms with Gasteiger partial charge in [-0.25, -0.2) is 0 Å². The van der Waals surface area contributed by atoms with Gasteiger partial charge in [0.2, 0.25) is 0 Å². The first-order valence-electron chi connectivity index (χ1n) is 16.8. The van der Waals surface area contributed by atoms with E-state index in [0.717, 1.165) is 0 Å². The molecular weight excluding hydrogens is 609 g/mol. The van der Waals surface area contributed by atoms with Gasteiger partial charge in [0.05, 0.1) is 0 Å². The van der Waals surface area contributed by atoms with E-state index < -0.39 is 0 Å². The van der Waals surface area contributed by atoms with Crippen LogP contribution in [0.1, 0.15) is 0 Å². The van der Waals surface area contributed by atoms with E-state index >= 15 is 0 Å².